The Kier molecular flexibility index (Phi) is 2.22. The Morgan fingerprint density at radius 2 is 2.44 bits per heavy atom. The van der Waals surface area contributed by atoms with Gasteiger partial charge in [-0.3, -0.25) is 0 Å². The van der Waals surface area contributed by atoms with Crippen LogP contribution in [0.1, 0.15) is 17.4 Å². The van der Waals surface area contributed by atoms with Gasteiger partial charge in [0.25, 0.3) is 0 Å². The van der Waals surface area contributed by atoms with Crippen LogP contribution >= 0.6 is 22.7 Å². The number of ether oxygens (including phenoxy) is 1. The third-order valence-electron chi connectivity index (χ3n) is 2.38. The van der Waals surface area contributed by atoms with E-state index in [1.165, 1.54) is 9.40 Å². The molecule has 1 N–H and O–H groups in total. The lowest BCUT2D eigenvalue weighted by atomic mass is 10.4. The van der Waals surface area contributed by atoms with Crippen LogP contribution in [0, 0.1) is 0 Å². The predicted octanol–water partition coefficient (Wildman–Crippen LogP) is 3.62. The lowest BCUT2D eigenvalue weighted by Gasteiger charge is -1.96. The summed E-state index contributed by atoms with van der Waals surface area (Å²) < 4.78 is 7.36. The van der Waals surface area contributed by atoms with Gasteiger partial charge in [-0.05, 0) is 24.4 Å². The van der Waals surface area contributed by atoms with Crippen molar-refractivity contribution in [2.45, 2.75) is 6.92 Å². The highest BCUT2D eigenvalue weighted by atomic mass is 32.2. The molecule has 82 valence electrons. The number of hydrogen-bond donors (Lipinski definition) is 1. The largest absolute Gasteiger partial charge is 0.461 e. The molecule has 0 aliphatic carbocycles. The summed E-state index contributed by atoms with van der Waals surface area (Å²) in [4.78, 5) is 14.7. The van der Waals surface area contributed by atoms with Crippen molar-refractivity contribution in [1.29, 1.82) is 0 Å². The lowest BCUT2D eigenvalue weighted by molar-refractivity contribution is 0.0520. The summed E-state index contributed by atoms with van der Waals surface area (Å²) in [6.45, 7) is 2.21. The van der Waals surface area contributed by atoms with Gasteiger partial charge < -0.3 is 9.72 Å². The van der Waals surface area contributed by atoms with E-state index >= 15 is 0 Å². The molecule has 16 heavy (non-hydrogen) atoms. The van der Waals surface area contributed by atoms with Crippen LogP contribution in [0.5, 0.6) is 0 Å². The van der Waals surface area contributed by atoms with Crippen LogP contribution in [-0.2, 0) is 4.74 Å². The molecule has 0 spiro atoms. The Hall–Kier alpha value is -1.33. The molecule has 0 aliphatic rings. The molecule has 0 aliphatic heterocycles. The third kappa shape index (κ3) is 1.36. The number of aromatic amines is 1. The first-order chi connectivity index (χ1) is 7.79. The minimum atomic E-state index is -0.283. The van der Waals surface area contributed by atoms with E-state index in [-0.39, 0.29) is 5.97 Å². The zero-order valence-electron chi connectivity index (χ0n) is 8.57. The van der Waals surface area contributed by atoms with Crippen LogP contribution in [0.3, 0.4) is 0 Å². The van der Waals surface area contributed by atoms with E-state index in [9.17, 15) is 4.79 Å². The Labute approximate surface area is 99.7 Å². The summed E-state index contributed by atoms with van der Waals surface area (Å²) in [5.74, 6) is -0.283. The Bertz CT molecular complexity index is 662. The Balaban J connectivity index is 2.14. The molecule has 0 unspecified atom stereocenters. The average molecular weight is 251 g/mol. The molecule has 3 aromatic heterocycles. The molecule has 5 heteroatoms. The number of carbonyl (C=O) groups excluding carboxylic acids is 1. The van der Waals surface area contributed by atoms with Crippen molar-refractivity contribution in [3.63, 3.8) is 0 Å². The second-order valence-corrected chi connectivity index (χ2v) is 5.59. The molecule has 0 fully saturated rings. The number of thiophene rings is 2. The molecule has 3 aromatic rings. The monoisotopic (exact) mass is 251 g/mol. The second-order valence-electron chi connectivity index (χ2n) is 3.37. The van der Waals surface area contributed by atoms with E-state index in [0.717, 1.165) is 10.2 Å². The van der Waals surface area contributed by atoms with E-state index < -0.39 is 0 Å². The molecule has 3 heterocycles. The summed E-state index contributed by atoms with van der Waals surface area (Å²) in [6.07, 6.45) is 0. The highest BCUT2D eigenvalue weighted by Gasteiger charge is 2.14. The molecule has 0 atom stereocenters. The summed E-state index contributed by atoms with van der Waals surface area (Å²) in [6, 6.07) is 3.94. The zero-order chi connectivity index (χ0) is 11.1. The summed E-state index contributed by atoms with van der Waals surface area (Å²) >= 11 is 3.43. The zero-order valence-corrected chi connectivity index (χ0v) is 10.2. The van der Waals surface area contributed by atoms with Crippen LogP contribution in [0.2, 0.25) is 0 Å². The number of hydrogen-bond acceptors (Lipinski definition) is 4. The van der Waals surface area contributed by atoms with Crippen molar-refractivity contribution in [2.75, 3.05) is 6.61 Å². The van der Waals surface area contributed by atoms with Crippen LogP contribution in [0.25, 0.3) is 19.6 Å². The van der Waals surface area contributed by atoms with Gasteiger partial charge in [0.1, 0.15) is 5.69 Å². The van der Waals surface area contributed by atoms with Gasteiger partial charge in [-0.15, -0.1) is 22.7 Å². The number of rotatable bonds is 2. The van der Waals surface area contributed by atoms with Crippen LogP contribution in [0.4, 0.5) is 0 Å². The number of carbonyl (C=O) groups is 1. The van der Waals surface area contributed by atoms with E-state index in [1.807, 2.05) is 6.07 Å². The van der Waals surface area contributed by atoms with Crippen molar-refractivity contribution < 1.29 is 9.53 Å². The van der Waals surface area contributed by atoms with Gasteiger partial charge in [0.05, 0.1) is 20.8 Å². The van der Waals surface area contributed by atoms with Crippen LogP contribution < -0.4 is 0 Å². The molecular formula is C11H9NO2S2. The van der Waals surface area contributed by atoms with Crippen molar-refractivity contribution in [3.05, 3.63) is 23.2 Å². The lowest BCUT2D eigenvalue weighted by Crippen LogP contribution is -2.04. The average Bonchev–Trinajstić information content (AvgIpc) is 2.87. The molecule has 3 nitrogen and oxygen atoms in total. The standard InChI is InChI=1S/C11H9NO2S2/c1-2-14-10(13)7-5-8-9(12-7)6-3-4-15-11(6)16-8/h3-5,12H,2H2,1H3. The topological polar surface area (TPSA) is 42.1 Å². The number of H-pyrrole nitrogens is 1. The minimum Gasteiger partial charge on any atom is -0.461 e. The molecule has 0 saturated carbocycles. The fourth-order valence-electron chi connectivity index (χ4n) is 1.69. The van der Waals surface area contributed by atoms with Gasteiger partial charge in [0.15, 0.2) is 0 Å². The molecule has 0 radical (unpaired) electrons. The molecule has 0 amide bonds. The van der Waals surface area contributed by atoms with E-state index in [0.29, 0.717) is 12.3 Å². The normalized spacial score (nSPS) is 11.3. The highest BCUT2D eigenvalue weighted by molar-refractivity contribution is 7.41. The van der Waals surface area contributed by atoms with Gasteiger partial charge in [-0.2, -0.15) is 0 Å². The minimum absolute atomic E-state index is 0.283. The first kappa shape index (κ1) is 9.86. The Morgan fingerprint density at radius 3 is 3.25 bits per heavy atom. The molecule has 0 saturated heterocycles. The SMILES string of the molecule is CCOC(=O)c1cc2sc3sccc3c2[nH]1. The van der Waals surface area contributed by atoms with E-state index in [1.54, 1.807) is 29.6 Å². The van der Waals surface area contributed by atoms with Gasteiger partial charge in [-0.25, -0.2) is 4.79 Å². The smallest absolute Gasteiger partial charge is 0.354 e. The molecular weight excluding hydrogens is 242 g/mol. The van der Waals surface area contributed by atoms with Gasteiger partial charge in [0, 0.05) is 5.39 Å². The fourth-order valence-corrected chi connectivity index (χ4v) is 3.87. The number of esters is 1. The number of fused-ring (bicyclic) bond motifs is 3. The highest BCUT2D eigenvalue weighted by Crippen LogP contribution is 2.37. The first-order valence-electron chi connectivity index (χ1n) is 4.95. The first-order valence-corrected chi connectivity index (χ1v) is 6.65. The Morgan fingerprint density at radius 1 is 1.56 bits per heavy atom. The van der Waals surface area contributed by atoms with E-state index in [2.05, 4.69) is 16.4 Å². The van der Waals surface area contributed by atoms with E-state index in [4.69, 9.17) is 4.74 Å². The third-order valence-corrected chi connectivity index (χ3v) is 4.57. The molecule has 3 rings (SSSR count). The summed E-state index contributed by atoms with van der Waals surface area (Å²) in [5.41, 5.74) is 1.58. The summed E-state index contributed by atoms with van der Waals surface area (Å²) in [5, 5.41) is 3.26. The fraction of sp³-hybridized carbons (Fsp3) is 0.182. The second kappa shape index (κ2) is 3.61. The van der Waals surface area contributed by atoms with Gasteiger partial charge in [-0.1, -0.05) is 0 Å². The quantitative estimate of drug-likeness (QED) is 0.707. The number of aromatic nitrogens is 1. The number of nitrogens with one attached hydrogen (secondary N) is 1. The summed E-state index contributed by atoms with van der Waals surface area (Å²) in [7, 11) is 0. The van der Waals surface area contributed by atoms with Crippen molar-refractivity contribution in [2.24, 2.45) is 0 Å². The van der Waals surface area contributed by atoms with Crippen molar-refractivity contribution in [3.8, 4) is 0 Å². The van der Waals surface area contributed by atoms with Crippen LogP contribution in [0.15, 0.2) is 17.5 Å². The van der Waals surface area contributed by atoms with Crippen LogP contribution in [-0.4, -0.2) is 17.6 Å². The van der Waals surface area contributed by atoms with Crippen molar-refractivity contribution >= 4 is 48.3 Å². The van der Waals surface area contributed by atoms with Gasteiger partial charge >= 0.3 is 5.97 Å². The maximum Gasteiger partial charge on any atom is 0.354 e. The molecule has 0 bridgehead atoms. The maximum absolute atomic E-state index is 11.5. The van der Waals surface area contributed by atoms with Crippen molar-refractivity contribution in [1.82, 2.24) is 4.98 Å². The molecule has 0 aromatic carbocycles. The maximum atomic E-state index is 11.5. The van der Waals surface area contributed by atoms with Gasteiger partial charge in [0.2, 0.25) is 0 Å². The predicted molar refractivity (Wildman–Crippen MR) is 67.5 cm³/mol.